The van der Waals surface area contributed by atoms with E-state index in [1.807, 2.05) is 17.0 Å². The van der Waals surface area contributed by atoms with Gasteiger partial charge in [0.1, 0.15) is 0 Å². The zero-order chi connectivity index (χ0) is 30.1. The average Bonchev–Trinajstić information content (AvgIpc) is 3.48. The Bertz CT molecular complexity index is 1520. The number of anilines is 2. The zero-order valence-corrected chi connectivity index (χ0v) is 25.7. The number of ether oxygens (including phenoxy) is 1. The summed E-state index contributed by atoms with van der Waals surface area (Å²) < 4.78 is 35.3. The molecule has 1 fully saturated rings. The highest BCUT2D eigenvalue weighted by molar-refractivity contribution is 7.92. The first-order valence-electron chi connectivity index (χ1n) is 14.2. The van der Waals surface area contributed by atoms with Gasteiger partial charge in [-0.3, -0.25) is 14.9 Å². The van der Waals surface area contributed by atoms with Crippen LogP contribution in [0.1, 0.15) is 23.5 Å². The van der Waals surface area contributed by atoms with Crippen LogP contribution in [0.15, 0.2) is 84.9 Å². The molecular weight excluding hydrogens is 585 g/mol. The van der Waals surface area contributed by atoms with Crippen molar-refractivity contribution in [2.45, 2.75) is 12.3 Å². The maximum Gasteiger partial charge on any atom is 0.323 e. The molecule has 1 aliphatic rings. The molecule has 43 heavy (non-hydrogen) atoms. The Kier molecular flexibility index (Phi) is 10.4. The molecule has 2 amide bonds. The number of rotatable bonds is 12. The molecule has 226 valence electrons. The van der Waals surface area contributed by atoms with Gasteiger partial charge in [0.25, 0.3) is 0 Å². The molecule has 0 bridgehead atoms. The lowest BCUT2D eigenvalue weighted by Crippen LogP contribution is -2.44. The number of benzene rings is 3. The lowest BCUT2D eigenvalue weighted by molar-refractivity contribution is 0.0351. The van der Waals surface area contributed by atoms with Crippen LogP contribution in [-0.4, -0.2) is 85.8 Å². The molecule has 4 aromatic rings. The topological polar surface area (TPSA) is 117 Å². The molecule has 12 heteroatoms. The first kappa shape index (κ1) is 30.6. The minimum Gasteiger partial charge on any atom is -0.379 e. The van der Waals surface area contributed by atoms with Crippen LogP contribution in [0, 0.1) is 0 Å². The molecule has 3 aromatic carbocycles. The summed E-state index contributed by atoms with van der Waals surface area (Å²) in [7, 11) is -3.37. The highest BCUT2D eigenvalue weighted by Crippen LogP contribution is 2.29. The summed E-state index contributed by atoms with van der Waals surface area (Å²) in [5, 5.41) is 3.36. The fraction of sp³-hybridized carbons (Fsp3) is 0.323. The summed E-state index contributed by atoms with van der Waals surface area (Å²) in [6, 6.07) is 27.4. The number of carbonyl (C=O) groups excluding carboxylic acids is 1. The van der Waals surface area contributed by atoms with Gasteiger partial charge in [-0.2, -0.15) is 9.36 Å². The molecule has 5 rings (SSSR count). The summed E-state index contributed by atoms with van der Waals surface area (Å²) in [5.74, 6) is 0.605. The van der Waals surface area contributed by atoms with E-state index in [9.17, 15) is 13.2 Å². The second-order valence-electron chi connectivity index (χ2n) is 10.4. The van der Waals surface area contributed by atoms with Crippen LogP contribution in [0.5, 0.6) is 0 Å². The number of urea groups is 1. The normalized spacial score (nSPS) is 14.0. The van der Waals surface area contributed by atoms with Gasteiger partial charge in [-0.15, -0.1) is 0 Å². The van der Waals surface area contributed by atoms with E-state index in [0.29, 0.717) is 48.5 Å². The molecule has 10 nitrogen and oxygen atoms in total. The van der Waals surface area contributed by atoms with Crippen LogP contribution in [-0.2, 0) is 14.8 Å². The van der Waals surface area contributed by atoms with E-state index in [-0.39, 0.29) is 11.9 Å². The van der Waals surface area contributed by atoms with Crippen molar-refractivity contribution in [3.05, 3.63) is 96.1 Å². The van der Waals surface area contributed by atoms with Crippen LogP contribution >= 0.6 is 11.5 Å². The Hall–Kier alpha value is -3.84. The standard InChI is InChI=1S/C31H36N6O4S2/c1-43(39,40)35-27-14-12-26(13-15-27)29-32-30(42-34-29)33-31(38)37(19-18-36-20-22-41-23-21-36)17-16-28(24-8-4-2-5-9-24)25-10-6-3-7-11-25/h2-15,28,35H,16-23H2,1H3,(H,32,33,34,38). The molecule has 0 atom stereocenters. The van der Waals surface area contributed by atoms with Crippen LogP contribution in [0.2, 0.25) is 0 Å². The smallest absolute Gasteiger partial charge is 0.323 e. The Morgan fingerprint density at radius 3 is 2.19 bits per heavy atom. The molecule has 2 heterocycles. The van der Waals surface area contributed by atoms with Crippen LogP contribution in [0.4, 0.5) is 15.6 Å². The van der Waals surface area contributed by atoms with Crippen molar-refractivity contribution in [3.8, 4) is 11.4 Å². The number of hydrogen-bond donors (Lipinski definition) is 2. The number of nitrogens with one attached hydrogen (secondary N) is 2. The van der Waals surface area contributed by atoms with Gasteiger partial charge in [0.05, 0.1) is 19.5 Å². The number of sulfonamides is 1. The molecule has 1 aliphatic heterocycles. The van der Waals surface area contributed by atoms with E-state index in [0.717, 1.165) is 43.8 Å². The fourth-order valence-electron chi connectivity index (χ4n) is 5.05. The highest BCUT2D eigenvalue weighted by atomic mass is 32.2. The summed E-state index contributed by atoms with van der Waals surface area (Å²) in [6.07, 6.45) is 1.87. The number of morpholine rings is 1. The monoisotopic (exact) mass is 620 g/mol. The maximum absolute atomic E-state index is 13.6. The van der Waals surface area contributed by atoms with Gasteiger partial charge < -0.3 is 9.64 Å². The van der Waals surface area contributed by atoms with Crippen molar-refractivity contribution < 1.29 is 17.9 Å². The number of aromatic nitrogens is 2. The zero-order valence-electron chi connectivity index (χ0n) is 24.1. The van der Waals surface area contributed by atoms with E-state index in [1.165, 1.54) is 11.1 Å². The van der Waals surface area contributed by atoms with E-state index >= 15 is 0 Å². The maximum atomic E-state index is 13.6. The number of hydrogen-bond acceptors (Lipinski definition) is 8. The third-order valence-electron chi connectivity index (χ3n) is 7.25. The third-order valence-corrected chi connectivity index (χ3v) is 8.49. The molecular formula is C31H36N6O4S2. The van der Waals surface area contributed by atoms with Crippen molar-refractivity contribution in [1.29, 1.82) is 0 Å². The van der Waals surface area contributed by atoms with Crippen molar-refractivity contribution in [2.75, 3.05) is 62.2 Å². The summed E-state index contributed by atoms with van der Waals surface area (Å²) in [4.78, 5) is 22.4. The predicted molar refractivity (Wildman–Crippen MR) is 171 cm³/mol. The Morgan fingerprint density at radius 2 is 1.58 bits per heavy atom. The molecule has 1 aromatic heterocycles. The molecule has 0 aliphatic carbocycles. The second-order valence-corrected chi connectivity index (χ2v) is 12.9. The minimum absolute atomic E-state index is 0.148. The van der Waals surface area contributed by atoms with Gasteiger partial charge in [-0.05, 0) is 41.8 Å². The second kappa shape index (κ2) is 14.6. The third kappa shape index (κ3) is 9.07. The Balaban J connectivity index is 1.29. The number of nitrogens with zero attached hydrogens (tertiary/aromatic N) is 4. The van der Waals surface area contributed by atoms with Gasteiger partial charge in [0.2, 0.25) is 15.2 Å². The van der Waals surface area contributed by atoms with Gasteiger partial charge in [0.15, 0.2) is 5.82 Å². The SMILES string of the molecule is CS(=O)(=O)Nc1ccc(-c2nsc(NC(=O)N(CCC(c3ccccc3)c3ccccc3)CCN3CCOCC3)n2)cc1. The van der Waals surface area contributed by atoms with E-state index < -0.39 is 10.0 Å². The van der Waals surface area contributed by atoms with Gasteiger partial charge in [0, 0.05) is 61.4 Å². The lowest BCUT2D eigenvalue weighted by Gasteiger charge is -2.31. The first-order valence-corrected chi connectivity index (χ1v) is 16.9. The number of amides is 2. The van der Waals surface area contributed by atoms with Gasteiger partial charge in [-0.1, -0.05) is 60.7 Å². The van der Waals surface area contributed by atoms with E-state index in [1.54, 1.807) is 24.3 Å². The molecule has 0 saturated carbocycles. The van der Waals surface area contributed by atoms with E-state index in [4.69, 9.17) is 4.74 Å². The lowest BCUT2D eigenvalue weighted by atomic mass is 9.88. The molecule has 0 unspecified atom stereocenters. The van der Waals surface area contributed by atoms with Crippen molar-refractivity contribution in [3.63, 3.8) is 0 Å². The molecule has 0 radical (unpaired) electrons. The fourth-order valence-corrected chi connectivity index (χ4v) is 6.19. The molecule has 2 N–H and O–H groups in total. The molecule has 1 saturated heterocycles. The van der Waals surface area contributed by atoms with Gasteiger partial charge in [-0.25, -0.2) is 13.2 Å². The van der Waals surface area contributed by atoms with E-state index in [2.05, 4.69) is 72.8 Å². The van der Waals surface area contributed by atoms with Crippen molar-refractivity contribution >= 4 is 38.4 Å². The summed E-state index contributed by atoms with van der Waals surface area (Å²) in [5.41, 5.74) is 3.60. The Labute approximate surface area is 256 Å². The molecule has 0 spiro atoms. The van der Waals surface area contributed by atoms with Gasteiger partial charge >= 0.3 is 6.03 Å². The van der Waals surface area contributed by atoms with Crippen LogP contribution < -0.4 is 10.0 Å². The summed E-state index contributed by atoms with van der Waals surface area (Å²) in [6.45, 7) is 5.00. The predicted octanol–water partition coefficient (Wildman–Crippen LogP) is 4.96. The minimum atomic E-state index is -3.37. The van der Waals surface area contributed by atoms with Crippen molar-refractivity contribution in [2.24, 2.45) is 0 Å². The van der Waals surface area contributed by atoms with Crippen LogP contribution in [0.25, 0.3) is 11.4 Å². The van der Waals surface area contributed by atoms with Crippen molar-refractivity contribution in [1.82, 2.24) is 19.2 Å². The largest absolute Gasteiger partial charge is 0.379 e. The highest BCUT2D eigenvalue weighted by Gasteiger charge is 2.22. The average molecular weight is 621 g/mol. The van der Waals surface area contributed by atoms with Crippen LogP contribution in [0.3, 0.4) is 0 Å². The quantitative estimate of drug-likeness (QED) is 0.230. The first-order chi connectivity index (χ1) is 20.8. The summed E-state index contributed by atoms with van der Waals surface area (Å²) >= 11 is 1.11. The number of carbonyl (C=O) groups is 1. The Morgan fingerprint density at radius 1 is 0.953 bits per heavy atom.